The lowest BCUT2D eigenvalue weighted by Crippen LogP contribution is -2.25. The molecule has 0 saturated heterocycles. The van der Waals surface area contributed by atoms with E-state index in [-0.39, 0.29) is 12.5 Å². The number of rotatable bonds is 8. The van der Waals surface area contributed by atoms with Crippen molar-refractivity contribution < 1.29 is 9.53 Å². The quantitative estimate of drug-likeness (QED) is 0.386. The van der Waals surface area contributed by atoms with Gasteiger partial charge in [-0.05, 0) is 42.0 Å². The van der Waals surface area contributed by atoms with Gasteiger partial charge in [0.25, 0.3) is 5.91 Å². The van der Waals surface area contributed by atoms with Crippen molar-refractivity contribution in [2.75, 3.05) is 11.9 Å². The Labute approximate surface area is 179 Å². The fraction of sp³-hybridized carbons (Fsp3) is 0.0909. The van der Waals surface area contributed by atoms with E-state index in [1.807, 2.05) is 60.7 Å². The van der Waals surface area contributed by atoms with Gasteiger partial charge in [0.2, 0.25) is 0 Å². The Bertz CT molecular complexity index is 994. The number of anilines is 1. The van der Waals surface area contributed by atoms with Gasteiger partial charge in [-0.2, -0.15) is 5.10 Å². The summed E-state index contributed by atoms with van der Waals surface area (Å²) in [5, 5.41) is 8.14. The van der Waals surface area contributed by atoms with E-state index in [1.165, 1.54) is 0 Å². The third kappa shape index (κ3) is 6.82. The minimum Gasteiger partial charge on any atom is -0.489 e. The van der Waals surface area contributed by atoms with Crippen LogP contribution in [-0.2, 0) is 11.4 Å². The second kappa shape index (κ2) is 10.5. The number of hydrazone groups is 1. The van der Waals surface area contributed by atoms with Gasteiger partial charge in [-0.1, -0.05) is 59.6 Å². The highest BCUT2D eigenvalue weighted by Crippen LogP contribution is 2.23. The molecule has 0 bridgehead atoms. The van der Waals surface area contributed by atoms with E-state index in [1.54, 1.807) is 18.3 Å². The second-order valence-corrected chi connectivity index (χ2v) is 6.95. The molecule has 0 aliphatic heterocycles. The first-order chi connectivity index (χ1) is 14.1. The summed E-state index contributed by atoms with van der Waals surface area (Å²) >= 11 is 12.1. The number of hydrogen-bond donors (Lipinski definition) is 2. The predicted octanol–water partition coefficient (Wildman–Crippen LogP) is 5.13. The Morgan fingerprint density at radius 1 is 1.00 bits per heavy atom. The topological polar surface area (TPSA) is 62.7 Å². The van der Waals surface area contributed by atoms with Crippen molar-refractivity contribution >= 4 is 41.0 Å². The molecular formula is C22H19Cl2N3O2. The van der Waals surface area contributed by atoms with E-state index in [4.69, 9.17) is 27.9 Å². The zero-order valence-corrected chi connectivity index (χ0v) is 17.0. The highest BCUT2D eigenvalue weighted by molar-refractivity contribution is 6.35. The third-order valence-corrected chi connectivity index (χ3v) is 4.48. The number of amides is 1. The van der Waals surface area contributed by atoms with Gasteiger partial charge in [0.05, 0.1) is 12.8 Å². The molecule has 7 heteroatoms. The van der Waals surface area contributed by atoms with E-state index in [0.717, 1.165) is 16.8 Å². The Balaban J connectivity index is 1.49. The van der Waals surface area contributed by atoms with Gasteiger partial charge in [0.1, 0.15) is 12.4 Å². The van der Waals surface area contributed by atoms with E-state index < -0.39 is 0 Å². The van der Waals surface area contributed by atoms with Crippen LogP contribution in [0.2, 0.25) is 10.0 Å². The summed E-state index contributed by atoms with van der Waals surface area (Å²) in [5.41, 5.74) is 4.99. The monoisotopic (exact) mass is 427 g/mol. The lowest BCUT2D eigenvalue weighted by Gasteiger charge is -2.08. The van der Waals surface area contributed by atoms with Gasteiger partial charge < -0.3 is 10.1 Å². The number of nitrogens with one attached hydrogen (secondary N) is 2. The molecule has 0 aliphatic rings. The van der Waals surface area contributed by atoms with E-state index in [9.17, 15) is 4.79 Å². The first kappa shape index (κ1) is 20.7. The molecule has 2 N–H and O–H groups in total. The Morgan fingerprint density at radius 3 is 2.62 bits per heavy atom. The summed E-state index contributed by atoms with van der Waals surface area (Å²) in [6, 6.07) is 22.1. The molecule has 0 atom stereocenters. The van der Waals surface area contributed by atoms with Crippen LogP contribution in [0.3, 0.4) is 0 Å². The smallest absolute Gasteiger partial charge is 0.259 e. The molecule has 0 spiro atoms. The first-order valence-corrected chi connectivity index (χ1v) is 9.63. The molecule has 1 amide bonds. The summed E-state index contributed by atoms with van der Waals surface area (Å²) in [4.78, 5) is 11.9. The molecule has 0 heterocycles. The second-order valence-electron chi connectivity index (χ2n) is 6.11. The van der Waals surface area contributed by atoms with E-state index >= 15 is 0 Å². The van der Waals surface area contributed by atoms with Crippen LogP contribution in [-0.4, -0.2) is 18.7 Å². The van der Waals surface area contributed by atoms with Gasteiger partial charge in [-0.3, -0.25) is 4.79 Å². The molecule has 3 rings (SSSR count). The number of hydrogen-bond acceptors (Lipinski definition) is 4. The molecule has 3 aromatic rings. The van der Waals surface area contributed by atoms with E-state index in [2.05, 4.69) is 15.8 Å². The van der Waals surface area contributed by atoms with Crippen molar-refractivity contribution in [1.29, 1.82) is 0 Å². The molecule has 0 aromatic heterocycles. The lowest BCUT2D eigenvalue weighted by molar-refractivity contribution is -0.119. The fourth-order valence-corrected chi connectivity index (χ4v) is 2.90. The third-order valence-electron chi connectivity index (χ3n) is 3.90. The summed E-state index contributed by atoms with van der Waals surface area (Å²) in [5.74, 6) is 0.423. The number of carbonyl (C=O) groups is 1. The Hall–Kier alpha value is -3.02. The predicted molar refractivity (Wildman–Crippen MR) is 118 cm³/mol. The molecule has 5 nitrogen and oxygen atoms in total. The molecule has 0 saturated carbocycles. The Kier molecular flexibility index (Phi) is 7.50. The maximum atomic E-state index is 11.9. The molecule has 0 fully saturated rings. The maximum absolute atomic E-state index is 11.9. The van der Waals surface area contributed by atoms with Crippen LogP contribution in [0.25, 0.3) is 0 Å². The van der Waals surface area contributed by atoms with Crippen molar-refractivity contribution in [3.05, 3.63) is 94.0 Å². The van der Waals surface area contributed by atoms with Crippen LogP contribution in [0.5, 0.6) is 5.75 Å². The number of nitrogens with zero attached hydrogens (tertiary/aromatic N) is 1. The summed E-state index contributed by atoms with van der Waals surface area (Å²) in [6.45, 7) is 0.449. The van der Waals surface area contributed by atoms with Crippen molar-refractivity contribution in [1.82, 2.24) is 5.43 Å². The van der Waals surface area contributed by atoms with Gasteiger partial charge >= 0.3 is 0 Å². The zero-order valence-electron chi connectivity index (χ0n) is 15.4. The molecule has 3 aromatic carbocycles. The Morgan fingerprint density at radius 2 is 1.83 bits per heavy atom. The number of para-hydroxylation sites is 1. The van der Waals surface area contributed by atoms with Gasteiger partial charge in [0, 0.05) is 21.3 Å². The van der Waals surface area contributed by atoms with Crippen LogP contribution in [0.15, 0.2) is 77.9 Å². The van der Waals surface area contributed by atoms with Crippen molar-refractivity contribution in [2.24, 2.45) is 5.10 Å². The summed E-state index contributed by atoms with van der Waals surface area (Å²) in [6.07, 6.45) is 1.56. The fourth-order valence-electron chi connectivity index (χ4n) is 2.44. The number of halogens is 2. The van der Waals surface area contributed by atoms with Crippen LogP contribution in [0.1, 0.15) is 11.1 Å². The SMILES string of the molecule is O=C(CNc1ccccc1)N/N=C\c1cccc(OCc2ccc(Cl)cc2Cl)c1. The van der Waals surface area contributed by atoms with E-state index in [0.29, 0.717) is 22.4 Å². The molecule has 29 heavy (non-hydrogen) atoms. The molecule has 148 valence electrons. The summed E-state index contributed by atoms with van der Waals surface area (Å²) in [7, 11) is 0. The lowest BCUT2D eigenvalue weighted by atomic mass is 10.2. The van der Waals surface area contributed by atoms with Crippen molar-refractivity contribution in [3.63, 3.8) is 0 Å². The molecule has 0 unspecified atom stereocenters. The standard InChI is InChI=1S/C22H19Cl2N3O2/c23-18-10-9-17(21(24)12-18)15-29-20-8-4-5-16(11-20)13-26-27-22(28)14-25-19-6-2-1-3-7-19/h1-13,25H,14-15H2,(H,27,28)/b26-13-. The molecular weight excluding hydrogens is 409 g/mol. The minimum absolute atomic E-state index is 0.131. The summed E-state index contributed by atoms with van der Waals surface area (Å²) < 4.78 is 5.78. The largest absolute Gasteiger partial charge is 0.489 e. The average molecular weight is 428 g/mol. The molecule has 0 aliphatic carbocycles. The normalized spacial score (nSPS) is 10.7. The maximum Gasteiger partial charge on any atom is 0.259 e. The van der Waals surface area contributed by atoms with Crippen molar-refractivity contribution in [2.45, 2.75) is 6.61 Å². The average Bonchev–Trinajstić information content (AvgIpc) is 2.73. The van der Waals surface area contributed by atoms with Gasteiger partial charge in [-0.15, -0.1) is 0 Å². The highest BCUT2D eigenvalue weighted by Gasteiger charge is 2.03. The first-order valence-electron chi connectivity index (χ1n) is 8.88. The van der Waals surface area contributed by atoms with Crippen LogP contribution >= 0.6 is 23.2 Å². The van der Waals surface area contributed by atoms with Crippen LogP contribution < -0.4 is 15.5 Å². The number of benzene rings is 3. The van der Waals surface area contributed by atoms with Gasteiger partial charge in [0.15, 0.2) is 0 Å². The number of ether oxygens (including phenoxy) is 1. The van der Waals surface area contributed by atoms with Crippen LogP contribution in [0, 0.1) is 0 Å². The molecule has 0 radical (unpaired) electrons. The zero-order chi connectivity index (χ0) is 20.5. The minimum atomic E-state index is -0.241. The van der Waals surface area contributed by atoms with Gasteiger partial charge in [-0.25, -0.2) is 5.43 Å². The van der Waals surface area contributed by atoms with Crippen molar-refractivity contribution in [3.8, 4) is 5.75 Å². The number of carbonyl (C=O) groups excluding carboxylic acids is 1. The van der Waals surface area contributed by atoms with Crippen LogP contribution in [0.4, 0.5) is 5.69 Å². The highest BCUT2D eigenvalue weighted by atomic mass is 35.5.